The normalized spacial score (nSPS) is 9.11. The number of benzene rings is 1. The van der Waals surface area contributed by atoms with Gasteiger partial charge in [-0.3, -0.25) is 0 Å². The predicted molar refractivity (Wildman–Crippen MR) is 39.8 cm³/mol. The summed E-state index contributed by atoms with van der Waals surface area (Å²) in [7, 11) is 1.68. The van der Waals surface area contributed by atoms with Gasteiger partial charge in [0.15, 0.2) is 0 Å². The van der Waals surface area contributed by atoms with Crippen molar-refractivity contribution >= 4 is 28.9 Å². The summed E-state index contributed by atoms with van der Waals surface area (Å²) in [6, 6.07) is 8.19. The molecule has 0 bridgehead atoms. The van der Waals surface area contributed by atoms with Crippen LogP contribution in [0.2, 0.25) is 0 Å². The first-order chi connectivity index (χ1) is 4.33. The Morgan fingerprint density at radius 2 is 1.78 bits per heavy atom. The molecule has 9 heavy (non-hydrogen) atoms. The molecule has 0 unspecified atom stereocenters. The van der Waals surface area contributed by atoms with Gasteiger partial charge in [-0.25, -0.2) is 0 Å². The van der Waals surface area contributed by atoms with Crippen LogP contribution in [0.3, 0.4) is 0 Å². The molecule has 2 heteroatoms. The first-order valence-electron chi connectivity index (χ1n) is 2.72. The Labute approximate surface area is 70.7 Å². The van der Waals surface area contributed by atoms with Gasteiger partial charge in [0, 0.05) is 0 Å². The zero-order chi connectivity index (χ0) is 6.69. The Morgan fingerprint density at radius 3 is 2.22 bits per heavy atom. The fourth-order valence-electron chi connectivity index (χ4n) is 0.604. The Morgan fingerprint density at radius 1 is 1.22 bits per heavy atom. The molecule has 1 aromatic rings. The Hall–Kier alpha value is -0.0579. The molecule has 0 spiro atoms. The summed E-state index contributed by atoms with van der Waals surface area (Å²) >= 11 is 0.931. The molecule has 0 N–H and O–H groups in total. The molecule has 1 rings (SSSR count). The van der Waals surface area contributed by atoms with Crippen molar-refractivity contribution in [2.75, 3.05) is 7.11 Å². The van der Waals surface area contributed by atoms with Gasteiger partial charge >= 0.3 is 70.8 Å². The number of hydrogen-bond acceptors (Lipinski definition) is 1. The Balaban J connectivity index is 2.88. The van der Waals surface area contributed by atoms with E-state index in [0.29, 0.717) is 0 Å². The van der Waals surface area contributed by atoms with E-state index in [0.717, 1.165) is 31.5 Å². The van der Waals surface area contributed by atoms with Gasteiger partial charge in [0.05, 0.1) is 0 Å². The van der Waals surface area contributed by atoms with E-state index in [2.05, 4.69) is 12.1 Å². The average molecular weight is 315 g/mol. The first kappa shape index (κ1) is 7.05. The molecule has 0 aliphatic carbocycles. The van der Waals surface area contributed by atoms with Crippen LogP contribution in [-0.4, -0.2) is 32.9 Å². The molecule has 0 fully saturated rings. The van der Waals surface area contributed by atoms with E-state index in [4.69, 9.17) is 4.74 Å². The van der Waals surface area contributed by atoms with Crippen LogP contribution in [0.4, 0.5) is 0 Å². The van der Waals surface area contributed by atoms with Gasteiger partial charge < -0.3 is 0 Å². The molecule has 1 nitrogen and oxygen atoms in total. The van der Waals surface area contributed by atoms with Crippen LogP contribution in [0.25, 0.3) is 0 Å². The summed E-state index contributed by atoms with van der Waals surface area (Å²) in [5, 5.41) is 0. The summed E-state index contributed by atoms with van der Waals surface area (Å²) in [6.45, 7) is 0. The van der Waals surface area contributed by atoms with Gasteiger partial charge in [-0.05, 0) is 0 Å². The van der Waals surface area contributed by atoms with Crippen molar-refractivity contribution in [3.63, 3.8) is 0 Å². The van der Waals surface area contributed by atoms with Gasteiger partial charge in [-0.1, -0.05) is 0 Å². The Kier molecular flexibility index (Phi) is 2.51. The number of rotatable bonds is 1. The molecule has 0 saturated carbocycles. The first-order valence-corrected chi connectivity index (χ1v) is 4.97. The monoisotopic (exact) mass is 316 g/mol. The molecule has 2 radical (unpaired) electrons. The van der Waals surface area contributed by atoms with Gasteiger partial charge in [0.25, 0.3) is 0 Å². The minimum absolute atomic E-state index is 0.931. The molecule has 0 amide bonds. The van der Waals surface area contributed by atoms with E-state index < -0.39 is 0 Å². The quantitative estimate of drug-likeness (QED) is 0.674. The van der Waals surface area contributed by atoms with Crippen molar-refractivity contribution in [3.8, 4) is 5.75 Å². The van der Waals surface area contributed by atoms with Gasteiger partial charge in [0.1, 0.15) is 0 Å². The van der Waals surface area contributed by atoms with Crippen molar-refractivity contribution < 1.29 is 4.74 Å². The van der Waals surface area contributed by atoms with Crippen LogP contribution in [0, 0.1) is 0 Å². The Bertz CT molecular complexity index is 181. The fourth-order valence-corrected chi connectivity index (χ4v) is 1.35. The summed E-state index contributed by atoms with van der Waals surface area (Å²) in [5.41, 5.74) is 0. The van der Waals surface area contributed by atoms with Crippen LogP contribution in [0.15, 0.2) is 24.3 Å². The summed E-state index contributed by atoms with van der Waals surface area (Å²) in [6.07, 6.45) is 0. The number of methoxy groups -OCH3 is 1. The second-order valence-corrected chi connectivity index (χ2v) is 4.36. The van der Waals surface area contributed by atoms with E-state index in [1.54, 1.807) is 7.11 Å². The zero-order valence-corrected chi connectivity index (χ0v) is 9.78. The second kappa shape index (κ2) is 3.20. The van der Waals surface area contributed by atoms with Crippen molar-refractivity contribution in [3.05, 3.63) is 24.3 Å². The van der Waals surface area contributed by atoms with Gasteiger partial charge in [-0.2, -0.15) is 0 Å². The fraction of sp³-hybridized carbons (Fsp3) is 0.143. The van der Waals surface area contributed by atoms with Gasteiger partial charge in [0.2, 0.25) is 0 Å². The van der Waals surface area contributed by atoms with Gasteiger partial charge in [-0.15, -0.1) is 0 Å². The molecular weight excluding hydrogens is 307 g/mol. The maximum atomic E-state index is 4.99. The van der Waals surface area contributed by atoms with E-state index in [1.165, 1.54) is 3.12 Å². The number of ether oxygens (including phenoxy) is 1. The van der Waals surface area contributed by atoms with Crippen LogP contribution in [0.5, 0.6) is 5.75 Å². The molecular formula is C7H8OPb. The maximum absolute atomic E-state index is 4.99. The van der Waals surface area contributed by atoms with E-state index >= 15 is 0 Å². The molecule has 0 aliphatic rings. The van der Waals surface area contributed by atoms with E-state index in [1.807, 2.05) is 12.1 Å². The standard InChI is InChI=1S/C7H7O.Pb.H/c1-8-7-5-3-2-4-6-7;;/h3-6H,1H3;;. The summed E-state index contributed by atoms with van der Waals surface area (Å²) in [5.74, 6) is 0.944. The third-order valence-corrected chi connectivity index (χ3v) is 2.61. The third-order valence-electron chi connectivity index (χ3n) is 1.12. The van der Waals surface area contributed by atoms with Crippen LogP contribution < -0.4 is 7.86 Å². The molecule has 0 aromatic heterocycles. The number of hydrogen-bond donors (Lipinski definition) is 0. The average Bonchev–Trinajstić information content (AvgIpc) is 1.90. The molecule has 46 valence electrons. The van der Waals surface area contributed by atoms with E-state index in [9.17, 15) is 0 Å². The zero-order valence-electron chi connectivity index (χ0n) is 5.29. The topological polar surface area (TPSA) is 9.23 Å². The predicted octanol–water partition coefficient (Wildman–Crippen LogP) is 0.221. The van der Waals surface area contributed by atoms with Crippen LogP contribution in [0.1, 0.15) is 0 Å². The molecule has 0 aliphatic heterocycles. The van der Waals surface area contributed by atoms with Crippen molar-refractivity contribution in [2.24, 2.45) is 0 Å². The second-order valence-electron chi connectivity index (χ2n) is 1.77. The van der Waals surface area contributed by atoms with Crippen LogP contribution >= 0.6 is 0 Å². The summed E-state index contributed by atoms with van der Waals surface area (Å²) < 4.78 is 6.41. The summed E-state index contributed by atoms with van der Waals surface area (Å²) in [4.78, 5) is 0. The third kappa shape index (κ3) is 1.97. The molecule has 0 heterocycles. The molecule has 0 atom stereocenters. The SMILES string of the molecule is COc1cc[c]([PbH])cc1. The van der Waals surface area contributed by atoms with Crippen molar-refractivity contribution in [1.82, 2.24) is 0 Å². The molecule has 1 aromatic carbocycles. The van der Waals surface area contributed by atoms with Crippen LogP contribution in [-0.2, 0) is 0 Å². The van der Waals surface area contributed by atoms with E-state index in [-0.39, 0.29) is 0 Å². The molecule has 0 saturated heterocycles. The minimum atomic E-state index is 0.931. The van der Waals surface area contributed by atoms with Crippen molar-refractivity contribution in [2.45, 2.75) is 0 Å². The van der Waals surface area contributed by atoms with Crippen molar-refractivity contribution in [1.29, 1.82) is 0 Å².